The van der Waals surface area contributed by atoms with E-state index in [9.17, 15) is 4.79 Å². The average molecular weight is 398 g/mol. The first-order valence-corrected chi connectivity index (χ1v) is 7.40. The summed E-state index contributed by atoms with van der Waals surface area (Å²) in [6.07, 6.45) is 1.44. The van der Waals surface area contributed by atoms with Gasteiger partial charge in [0.15, 0.2) is 10.4 Å². The maximum absolute atomic E-state index is 11.6. The number of hydrazone groups is 1. The summed E-state index contributed by atoms with van der Waals surface area (Å²) < 4.78 is 11.5. The Morgan fingerprint density at radius 2 is 2.19 bits per heavy atom. The molecule has 0 saturated heterocycles. The van der Waals surface area contributed by atoms with Crippen molar-refractivity contribution in [3.05, 3.63) is 51.0 Å². The van der Waals surface area contributed by atoms with Crippen LogP contribution in [0.15, 0.2) is 39.9 Å². The number of furan rings is 1. The van der Waals surface area contributed by atoms with Gasteiger partial charge in [0.2, 0.25) is 0 Å². The zero-order valence-electron chi connectivity index (χ0n) is 11.7. The molecule has 1 aromatic carbocycles. The summed E-state index contributed by atoms with van der Waals surface area (Å²) in [6, 6.07) is 9.31. The maximum atomic E-state index is 11.6. The molecular formula is C15H15IN2O3. The molecule has 0 aliphatic carbocycles. The highest BCUT2D eigenvalue weighted by atomic mass is 127. The Labute approximate surface area is 136 Å². The van der Waals surface area contributed by atoms with E-state index in [1.54, 1.807) is 6.07 Å². The molecule has 0 fully saturated rings. The molecule has 6 heteroatoms. The van der Waals surface area contributed by atoms with E-state index >= 15 is 0 Å². The second-order valence-electron chi connectivity index (χ2n) is 4.42. The highest BCUT2D eigenvalue weighted by Crippen LogP contribution is 2.20. The lowest BCUT2D eigenvalue weighted by molar-refractivity contribution is -0.123. The molecule has 2 rings (SSSR count). The van der Waals surface area contributed by atoms with Crippen molar-refractivity contribution in [3.63, 3.8) is 0 Å². The number of rotatable bonds is 5. The van der Waals surface area contributed by atoms with Crippen molar-refractivity contribution in [2.45, 2.75) is 13.8 Å². The quantitative estimate of drug-likeness (QED) is 0.479. The van der Waals surface area contributed by atoms with E-state index in [0.717, 1.165) is 14.9 Å². The summed E-state index contributed by atoms with van der Waals surface area (Å²) in [7, 11) is 0. The molecule has 0 aliphatic heterocycles. The van der Waals surface area contributed by atoms with Gasteiger partial charge in [-0.2, -0.15) is 5.10 Å². The third-order valence-electron chi connectivity index (χ3n) is 2.89. The number of hydrogen-bond donors (Lipinski definition) is 1. The van der Waals surface area contributed by atoms with Gasteiger partial charge >= 0.3 is 0 Å². The molecule has 0 bridgehead atoms. The molecule has 21 heavy (non-hydrogen) atoms. The fourth-order valence-electron chi connectivity index (χ4n) is 1.62. The van der Waals surface area contributed by atoms with Gasteiger partial charge in [-0.15, -0.1) is 0 Å². The van der Waals surface area contributed by atoms with Crippen LogP contribution in [0, 0.1) is 17.6 Å². The summed E-state index contributed by atoms with van der Waals surface area (Å²) >= 11 is 2.06. The Morgan fingerprint density at radius 1 is 1.38 bits per heavy atom. The van der Waals surface area contributed by atoms with Crippen LogP contribution in [0.25, 0.3) is 0 Å². The first kappa shape index (κ1) is 15.6. The predicted octanol–water partition coefficient (Wildman–Crippen LogP) is 3.03. The molecule has 0 aliphatic rings. The Hall–Kier alpha value is -1.83. The molecule has 1 amide bonds. The number of carbonyl (C=O) groups is 1. The third kappa shape index (κ3) is 4.59. The van der Waals surface area contributed by atoms with Crippen LogP contribution < -0.4 is 10.2 Å². The van der Waals surface area contributed by atoms with Crippen molar-refractivity contribution >= 4 is 34.7 Å². The largest absolute Gasteiger partial charge is 0.483 e. The lowest BCUT2D eigenvalue weighted by Crippen LogP contribution is -2.24. The first-order chi connectivity index (χ1) is 10.1. The number of aryl methyl sites for hydroxylation is 1. The van der Waals surface area contributed by atoms with Crippen LogP contribution >= 0.6 is 22.6 Å². The van der Waals surface area contributed by atoms with Crippen LogP contribution in [0.1, 0.15) is 16.9 Å². The maximum Gasteiger partial charge on any atom is 0.277 e. The summed E-state index contributed by atoms with van der Waals surface area (Å²) in [5, 5.41) is 3.81. The van der Waals surface area contributed by atoms with Gasteiger partial charge in [0.05, 0.1) is 6.21 Å². The van der Waals surface area contributed by atoms with Crippen LogP contribution in [-0.2, 0) is 4.79 Å². The second-order valence-corrected chi connectivity index (χ2v) is 5.48. The molecule has 1 aromatic heterocycles. The van der Waals surface area contributed by atoms with Crippen molar-refractivity contribution in [1.82, 2.24) is 5.43 Å². The van der Waals surface area contributed by atoms with Gasteiger partial charge in [-0.05, 0) is 65.8 Å². The fourth-order valence-corrected chi connectivity index (χ4v) is 2.06. The van der Waals surface area contributed by atoms with Gasteiger partial charge < -0.3 is 9.15 Å². The van der Waals surface area contributed by atoms with Crippen molar-refractivity contribution in [2.75, 3.05) is 6.61 Å². The number of amides is 1. The molecule has 0 atom stereocenters. The van der Waals surface area contributed by atoms with Gasteiger partial charge in [0.25, 0.3) is 5.91 Å². The number of hydrogen-bond acceptors (Lipinski definition) is 4. The molecule has 0 spiro atoms. The zero-order chi connectivity index (χ0) is 15.2. The number of halogens is 1. The minimum atomic E-state index is -0.326. The standard InChI is InChI=1S/C15H15IN2O3/c1-10-4-3-5-13(11(10)2)20-9-15(19)18-17-8-12-6-7-14(16)21-12/h3-8H,9H2,1-2H3,(H,18,19). The van der Waals surface area contributed by atoms with Crippen LogP contribution in [0.4, 0.5) is 0 Å². The smallest absolute Gasteiger partial charge is 0.277 e. The third-order valence-corrected chi connectivity index (χ3v) is 3.47. The topological polar surface area (TPSA) is 63.8 Å². The van der Waals surface area contributed by atoms with Gasteiger partial charge in [-0.25, -0.2) is 5.43 Å². The van der Waals surface area contributed by atoms with E-state index in [1.807, 2.05) is 38.1 Å². The van der Waals surface area contributed by atoms with Crippen molar-refractivity contribution in [2.24, 2.45) is 5.10 Å². The molecule has 1 heterocycles. The van der Waals surface area contributed by atoms with Crippen LogP contribution in [0.5, 0.6) is 5.75 Å². The molecule has 1 N–H and O–H groups in total. The predicted molar refractivity (Wildman–Crippen MR) is 88.6 cm³/mol. The number of nitrogens with one attached hydrogen (secondary N) is 1. The van der Waals surface area contributed by atoms with Crippen LogP contribution in [-0.4, -0.2) is 18.7 Å². The molecule has 0 saturated carbocycles. The number of benzene rings is 1. The highest BCUT2D eigenvalue weighted by Gasteiger charge is 2.05. The van der Waals surface area contributed by atoms with Gasteiger partial charge in [-0.1, -0.05) is 12.1 Å². The molecule has 0 radical (unpaired) electrons. The number of ether oxygens (including phenoxy) is 1. The van der Waals surface area contributed by atoms with Crippen molar-refractivity contribution < 1.29 is 13.9 Å². The van der Waals surface area contributed by atoms with E-state index in [4.69, 9.17) is 9.15 Å². The SMILES string of the molecule is Cc1cccc(OCC(=O)NN=Cc2ccc(I)o2)c1C. The van der Waals surface area contributed by atoms with Crippen molar-refractivity contribution in [3.8, 4) is 5.75 Å². The Morgan fingerprint density at radius 3 is 2.90 bits per heavy atom. The normalized spacial score (nSPS) is 10.8. The summed E-state index contributed by atoms with van der Waals surface area (Å²) in [4.78, 5) is 11.6. The summed E-state index contributed by atoms with van der Waals surface area (Å²) in [6.45, 7) is 3.87. The Bertz CT molecular complexity index is 665. The molecular weight excluding hydrogens is 383 g/mol. The number of carbonyl (C=O) groups excluding carboxylic acids is 1. The Balaban J connectivity index is 1.82. The van der Waals surface area contributed by atoms with Crippen LogP contribution in [0.2, 0.25) is 0 Å². The molecule has 110 valence electrons. The van der Waals surface area contributed by atoms with Gasteiger partial charge in [0, 0.05) is 0 Å². The van der Waals surface area contributed by atoms with Crippen LogP contribution in [0.3, 0.4) is 0 Å². The van der Waals surface area contributed by atoms with Gasteiger partial charge in [-0.3, -0.25) is 4.79 Å². The van der Waals surface area contributed by atoms with E-state index < -0.39 is 0 Å². The summed E-state index contributed by atoms with van der Waals surface area (Å²) in [5.74, 6) is 0.957. The van der Waals surface area contributed by atoms with Crippen molar-refractivity contribution in [1.29, 1.82) is 0 Å². The lowest BCUT2D eigenvalue weighted by Gasteiger charge is -2.09. The van der Waals surface area contributed by atoms with Gasteiger partial charge in [0.1, 0.15) is 11.5 Å². The summed E-state index contributed by atoms with van der Waals surface area (Å²) in [5.41, 5.74) is 4.54. The Kier molecular flexibility index (Phi) is 5.38. The molecule has 2 aromatic rings. The van der Waals surface area contributed by atoms with E-state index in [-0.39, 0.29) is 12.5 Å². The molecule has 0 unspecified atom stereocenters. The number of nitrogens with zero attached hydrogens (tertiary/aromatic N) is 1. The minimum absolute atomic E-state index is 0.0860. The monoisotopic (exact) mass is 398 g/mol. The highest BCUT2D eigenvalue weighted by molar-refractivity contribution is 14.1. The van der Waals surface area contributed by atoms with E-state index in [0.29, 0.717) is 11.5 Å². The lowest BCUT2D eigenvalue weighted by atomic mass is 10.1. The molecule has 5 nitrogen and oxygen atoms in total. The first-order valence-electron chi connectivity index (χ1n) is 6.32. The minimum Gasteiger partial charge on any atom is -0.483 e. The zero-order valence-corrected chi connectivity index (χ0v) is 13.9. The fraction of sp³-hybridized carbons (Fsp3) is 0.200. The second kappa shape index (κ2) is 7.26. The average Bonchev–Trinajstić information content (AvgIpc) is 2.86. The van der Waals surface area contributed by atoms with E-state index in [2.05, 4.69) is 33.1 Å². The van der Waals surface area contributed by atoms with E-state index in [1.165, 1.54) is 6.21 Å².